The third-order valence-electron chi connectivity index (χ3n) is 6.47. The highest BCUT2D eigenvalue weighted by atomic mass is 28.4. The minimum Gasteiger partial charge on any atom is -0.546 e. The summed E-state index contributed by atoms with van der Waals surface area (Å²) in [5.41, 5.74) is 7.10. The summed E-state index contributed by atoms with van der Waals surface area (Å²) in [5, 5.41) is 0. The van der Waals surface area contributed by atoms with Crippen LogP contribution in [0.25, 0.3) is 11.1 Å². The molecule has 0 N–H and O–H groups in total. The van der Waals surface area contributed by atoms with Gasteiger partial charge >= 0.3 is 0 Å². The Labute approximate surface area is 178 Å². The fourth-order valence-corrected chi connectivity index (χ4v) is 10.5. The van der Waals surface area contributed by atoms with Gasteiger partial charge in [0.2, 0.25) is 0 Å². The van der Waals surface area contributed by atoms with Crippen molar-refractivity contribution in [1.82, 2.24) is 0 Å². The first kappa shape index (κ1) is 21.6. The van der Waals surface area contributed by atoms with Crippen molar-refractivity contribution >= 4 is 19.5 Å². The molecule has 2 aromatic rings. The average Bonchev–Trinajstić information content (AvgIpc) is 2.72. The summed E-state index contributed by atoms with van der Waals surface area (Å²) in [4.78, 5) is 0. The Hall–Kier alpha value is -2.06. The molecule has 0 unspecified atom stereocenters. The van der Waals surface area contributed by atoms with Crippen molar-refractivity contribution in [3.8, 4) is 0 Å². The van der Waals surface area contributed by atoms with Crippen LogP contribution in [0.15, 0.2) is 72.5 Å². The van der Waals surface area contributed by atoms with Crippen LogP contribution >= 0.6 is 0 Å². The zero-order valence-electron chi connectivity index (χ0n) is 18.9. The van der Waals surface area contributed by atoms with E-state index >= 15 is 0 Å². The van der Waals surface area contributed by atoms with E-state index in [2.05, 4.69) is 108 Å². The smallest absolute Gasteiger partial charge is 0.258 e. The minimum atomic E-state index is -1.94. The van der Waals surface area contributed by atoms with Crippen LogP contribution in [0.5, 0.6) is 0 Å². The number of benzene rings is 2. The molecule has 0 fully saturated rings. The second kappa shape index (κ2) is 9.17. The molecule has 2 heteroatoms. The van der Waals surface area contributed by atoms with Crippen molar-refractivity contribution in [3.05, 3.63) is 83.6 Å². The molecule has 0 atom stereocenters. The lowest BCUT2D eigenvalue weighted by Gasteiger charge is -2.43. The van der Waals surface area contributed by atoms with E-state index in [1.54, 1.807) is 0 Å². The van der Waals surface area contributed by atoms with E-state index in [4.69, 9.17) is 4.43 Å². The molecular formula is C27H36OSi. The highest BCUT2D eigenvalue weighted by Gasteiger charge is 2.47. The monoisotopic (exact) mass is 404 g/mol. The predicted molar refractivity (Wildman–Crippen MR) is 129 cm³/mol. The second-order valence-corrected chi connectivity index (χ2v) is 14.5. The average molecular weight is 405 g/mol. The molecule has 154 valence electrons. The molecular weight excluding hydrogens is 368 g/mol. The lowest BCUT2D eigenvalue weighted by molar-refractivity contribution is 0.355. The van der Waals surface area contributed by atoms with Crippen LogP contribution in [0.2, 0.25) is 16.6 Å². The molecule has 1 aliphatic carbocycles. The molecule has 29 heavy (non-hydrogen) atoms. The molecule has 0 bridgehead atoms. The first-order valence-corrected chi connectivity index (χ1v) is 13.2. The summed E-state index contributed by atoms with van der Waals surface area (Å²) in [6.45, 7) is 14.2. The number of allylic oxidation sites excluding steroid dienone is 4. The third kappa shape index (κ3) is 4.43. The molecule has 1 aliphatic rings. The van der Waals surface area contributed by atoms with Gasteiger partial charge in [-0.3, -0.25) is 0 Å². The lowest BCUT2D eigenvalue weighted by atomic mass is 9.87. The van der Waals surface area contributed by atoms with Crippen LogP contribution < -0.4 is 0 Å². The topological polar surface area (TPSA) is 9.23 Å². The Balaban J connectivity index is 2.08. The quantitative estimate of drug-likeness (QED) is 0.420. The summed E-state index contributed by atoms with van der Waals surface area (Å²) < 4.78 is 7.07. The first-order chi connectivity index (χ1) is 13.9. The fourth-order valence-electron chi connectivity index (χ4n) is 5.18. The van der Waals surface area contributed by atoms with Gasteiger partial charge in [-0.05, 0) is 51.4 Å². The Morgan fingerprint density at radius 1 is 0.655 bits per heavy atom. The van der Waals surface area contributed by atoms with E-state index < -0.39 is 8.32 Å². The fraction of sp³-hybridized carbons (Fsp3) is 0.407. The van der Waals surface area contributed by atoms with E-state index in [0.717, 1.165) is 12.8 Å². The van der Waals surface area contributed by atoms with Gasteiger partial charge in [0.25, 0.3) is 8.32 Å². The molecule has 0 saturated carbocycles. The van der Waals surface area contributed by atoms with E-state index in [0.29, 0.717) is 16.6 Å². The number of hydrogen-bond acceptors (Lipinski definition) is 1. The van der Waals surface area contributed by atoms with Gasteiger partial charge in [0.15, 0.2) is 0 Å². The molecule has 3 rings (SSSR count). The van der Waals surface area contributed by atoms with E-state index in [-0.39, 0.29) is 0 Å². The summed E-state index contributed by atoms with van der Waals surface area (Å²) in [6, 6.07) is 21.6. The molecule has 0 amide bonds. The summed E-state index contributed by atoms with van der Waals surface area (Å²) in [7, 11) is -1.94. The molecule has 1 nitrogen and oxygen atoms in total. The Morgan fingerprint density at radius 2 is 1.14 bits per heavy atom. The molecule has 0 spiro atoms. The highest BCUT2D eigenvalue weighted by Crippen LogP contribution is 2.46. The van der Waals surface area contributed by atoms with Gasteiger partial charge in [-0.25, -0.2) is 0 Å². The van der Waals surface area contributed by atoms with Gasteiger partial charge < -0.3 is 4.43 Å². The summed E-state index contributed by atoms with van der Waals surface area (Å²) in [6.07, 6.45) is 4.36. The van der Waals surface area contributed by atoms with Crippen molar-refractivity contribution in [1.29, 1.82) is 0 Å². The highest BCUT2D eigenvalue weighted by molar-refractivity contribution is 6.77. The SMILES string of the molecule is CC(C)[Si](OC1=CC(c2ccccc2)=C(c2ccccc2)CC1)(C(C)C)C(C)C. The van der Waals surface area contributed by atoms with Crippen molar-refractivity contribution in [2.45, 2.75) is 71.0 Å². The third-order valence-corrected chi connectivity index (χ3v) is 12.5. The van der Waals surface area contributed by atoms with Crippen LogP contribution in [-0.4, -0.2) is 8.32 Å². The standard InChI is InChI=1S/C27H36OSi/c1-20(2)29(21(3)4,22(5)6)28-25-17-18-26(23-13-9-7-10-14-23)27(19-25)24-15-11-8-12-16-24/h7-16,19-22H,17-18H2,1-6H3. The van der Waals surface area contributed by atoms with E-state index in [1.165, 1.54) is 28.0 Å². The molecule has 0 saturated heterocycles. The van der Waals surface area contributed by atoms with Gasteiger partial charge in [-0.2, -0.15) is 0 Å². The Morgan fingerprint density at radius 3 is 1.62 bits per heavy atom. The van der Waals surface area contributed by atoms with Crippen molar-refractivity contribution < 1.29 is 4.43 Å². The normalized spacial score (nSPS) is 15.3. The van der Waals surface area contributed by atoms with Gasteiger partial charge in [-0.15, -0.1) is 0 Å². The Bertz CT molecular complexity index is 838. The van der Waals surface area contributed by atoms with Crippen LogP contribution in [0.3, 0.4) is 0 Å². The zero-order valence-corrected chi connectivity index (χ0v) is 19.9. The van der Waals surface area contributed by atoms with Gasteiger partial charge in [-0.1, -0.05) is 102 Å². The van der Waals surface area contributed by atoms with Crippen LogP contribution in [-0.2, 0) is 4.43 Å². The van der Waals surface area contributed by atoms with Crippen molar-refractivity contribution in [3.63, 3.8) is 0 Å². The van der Waals surface area contributed by atoms with Crippen LogP contribution in [0, 0.1) is 0 Å². The maximum Gasteiger partial charge on any atom is 0.258 e. The number of hydrogen-bond donors (Lipinski definition) is 0. The first-order valence-electron chi connectivity index (χ1n) is 11.1. The van der Waals surface area contributed by atoms with E-state index in [1.807, 2.05) is 0 Å². The maximum atomic E-state index is 7.07. The molecule has 0 aliphatic heterocycles. The van der Waals surface area contributed by atoms with Gasteiger partial charge in [0.1, 0.15) is 0 Å². The predicted octanol–water partition coefficient (Wildman–Crippen LogP) is 8.47. The molecule has 0 radical (unpaired) electrons. The Kier molecular flexibility index (Phi) is 6.84. The van der Waals surface area contributed by atoms with E-state index in [9.17, 15) is 0 Å². The van der Waals surface area contributed by atoms with Crippen molar-refractivity contribution in [2.24, 2.45) is 0 Å². The summed E-state index contributed by atoms with van der Waals surface area (Å²) >= 11 is 0. The minimum absolute atomic E-state index is 0.586. The van der Waals surface area contributed by atoms with Gasteiger partial charge in [0, 0.05) is 6.42 Å². The summed E-state index contributed by atoms with van der Waals surface area (Å²) in [5.74, 6) is 1.19. The molecule has 2 aromatic carbocycles. The van der Waals surface area contributed by atoms with Crippen LogP contribution in [0.1, 0.15) is 65.5 Å². The molecule has 0 heterocycles. The second-order valence-electron chi connectivity index (χ2n) is 9.15. The van der Waals surface area contributed by atoms with Gasteiger partial charge in [0.05, 0.1) is 5.76 Å². The zero-order chi connectivity index (χ0) is 21.0. The van der Waals surface area contributed by atoms with Crippen molar-refractivity contribution in [2.75, 3.05) is 0 Å². The largest absolute Gasteiger partial charge is 0.546 e. The van der Waals surface area contributed by atoms with Crippen LogP contribution in [0.4, 0.5) is 0 Å². The maximum absolute atomic E-state index is 7.07. The molecule has 0 aromatic heterocycles. The number of rotatable bonds is 7. The lowest BCUT2D eigenvalue weighted by Crippen LogP contribution is -2.47.